The predicted octanol–water partition coefficient (Wildman–Crippen LogP) is 3.06. The second kappa shape index (κ2) is 4.94. The van der Waals surface area contributed by atoms with Crippen molar-refractivity contribution in [1.82, 2.24) is 4.57 Å². The Balaban J connectivity index is 2.45. The average molecular weight is 234 g/mol. The van der Waals surface area contributed by atoms with Crippen molar-refractivity contribution < 1.29 is 0 Å². The Bertz CT molecular complexity index is 442. The minimum atomic E-state index is -0.0249. The first-order valence-corrected chi connectivity index (χ1v) is 6.62. The topological polar surface area (TPSA) is 48.0 Å². The summed E-state index contributed by atoms with van der Waals surface area (Å²) in [5.41, 5.74) is 7.24. The summed E-state index contributed by atoms with van der Waals surface area (Å²) in [6.07, 6.45) is 6.30. The summed E-state index contributed by atoms with van der Waals surface area (Å²) in [5.74, 6) is 0.541. The Hall–Kier alpha value is -1.25. The number of nitrogen functional groups attached to an aromatic ring is 1. The molecule has 0 saturated heterocycles. The van der Waals surface area contributed by atoms with E-state index in [1.807, 2.05) is 24.5 Å². The van der Waals surface area contributed by atoms with Gasteiger partial charge in [0.2, 0.25) is 0 Å². The number of nitrogens with two attached hydrogens (primary N) is 1. The molecule has 94 valence electrons. The molecule has 1 aromatic heterocycles. The van der Waals surface area contributed by atoms with Gasteiger partial charge in [-0.2, -0.15) is 0 Å². The number of rotatable bonds is 2. The molecule has 1 aliphatic rings. The molecule has 0 atom stereocenters. The molecule has 1 saturated carbocycles. The van der Waals surface area contributed by atoms with Crippen molar-refractivity contribution in [3.8, 4) is 0 Å². The van der Waals surface area contributed by atoms with E-state index in [4.69, 9.17) is 5.73 Å². The van der Waals surface area contributed by atoms with Crippen molar-refractivity contribution in [2.45, 2.75) is 57.9 Å². The van der Waals surface area contributed by atoms with Crippen LogP contribution in [0, 0.1) is 0 Å². The summed E-state index contributed by atoms with van der Waals surface area (Å²) in [6.45, 7) is 4.10. The quantitative estimate of drug-likeness (QED) is 0.855. The Kier molecular flexibility index (Phi) is 3.55. The van der Waals surface area contributed by atoms with Crippen LogP contribution in [0.2, 0.25) is 0 Å². The minimum absolute atomic E-state index is 0.0249. The molecule has 0 spiro atoms. The molecule has 0 radical (unpaired) electrons. The number of hydrogen-bond acceptors (Lipinski definition) is 2. The van der Waals surface area contributed by atoms with Crippen molar-refractivity contribution in [2.75, 3.05) is 5.73 Å². The summed E-state index contributed by atoms with van der Waals surface area (Å²) in [5, 5.41) is 0. The van der Waals surface area contributed by atoms with E-state index in [0.29, 0.717) is 11.6 Å². The van der Waals surface area contributed by atoms with Gasteiger partial charge < -0.3 is 10.3 Å². The van der Waals surface area contributed by atoms with Crippen molar-refractivity contribution in [3.05, 3.63) is 28.2 Å². The second-order valence-corrected chi connectivity index (χ2v) is 5.32. The molecule has 17 heavy (non-hydrogen) atoms. The van der Waals surface area contributed by atoms with Gasteiger partial charge in [-0.1, -0.05) is 19.3 Å². The highest BCUT2D eigenvalue weighted by Crippen LogP contribution is 2.33. The third kappa shape index (κ3) is 2.38. The Labute approximate surface area is 103 Å². The molecule has 3 nitrogen and oxygen atoms in total. The van der Waals surface area contributed by atoms with Gasteiger partial charge in [0.1, 0.15) is 0 Å². The lowest BCUT2D eigenvalue weighted by atomic mass is 9.86. The van der Waals surface area contributed by atoms with Crippen molar-refractivity contribution >= 4 is 5.69 Å². The smallest absolute Gasteiger partial charge is 0.274 e. The molecular weight excluding hydrogens is 212 g/mol. The van der Waals surface area contributed by atoms with Gasteiger partial charge in [-0.15, -0.1) is 0 Å². The van der Waals surface area contributed by atoms with Crippen molar-refractivity contribution in [3.63, 3.8) is 0 Å². The normalized spacial score (nSPS) is 17.6. The molecule has 0 unspecified atom stereocenters. The molecule has 2 rings (SSSR count). The summed E-state index contributed by atoms with van der Waals surface area (Å²) < 4.78 is 1.88. The zero-order valence-electron chi connectivity index (χ0n) is 10.8. The van der Waals surface area contributed by atoms with Crippen LogP contribution in [-0.2, 0) is 0 Å². The molecule has 0 bridgehead atoms. The summed E-state index contributed by atoms with van der Waals surface area (Å²) in [6, 6.07) is 4.00. The monoisotopic (exact) mass is 234 g/mol. The van der Waals surface area contributed by atoms with Gasteiger partial charge in [0, 0.05) is 11.7 Å². The number of hydrogen-bond donors (Lipinski definition) is 1. The van der Waals surface area contributed by atoms with E-state index in [9.17, 15) is 4.79 Å². The first-order valence-electron chi connectivity index (χ1n) is 6.62. The maximum absolute atomic E-state index is 12.1. The van der Waals surface area contributed by atoms with Crippen molar-refractivity contribution in [2.24, 2.45) is 0 Å². The third-order valence-corrected chi connectivity index (χ3v) is 3.72. The number of nitrogens with zero attached hydrogens (tertiary/aromatic N) is 1. The first kappa shape index (κ1) is 12.2. The molecule has 1 heterocycles. The summed E-state index contributed by atoms with van der Waals surface area (Å²) in [7, 11) is 0. The van der Waals surface area contributed by atoms with E-state index in [0.717, 1.165) is 0 Å². The van der Waals surface area contributed by atoms with E-state index in [1.54, 1.807) is 6.07 Å². The molecule has 0 aliphatic heterocycles. The van der Waals surface area contributed by atoms with Crippen molar-refractivity contribution in [1.29, 1.82) is 0 Å². The molecule has 1 aliphatic carbocycles. The van der Waals surface area contributed by atoms with E-state index in [-0.39, 0.29) is 11.6 Å². The predicted molar refractivity (Wildman–Crippen MR) is 71.3 cm³/mol. The van der Waals surface area contributed by atoms with Crippen LogP contribution in [0.15, 0.2) is 16.9 Å². The largest absolute Gasteiger partial charge is 0.394 e. The second-order valence-electron chi connectivity index (χ2n) is 5.32. The SMILES string of the molecule is CC(C)n1c(C2CCCCC2)ccc(N)c1=O. The number of pyridine rings is 1. The molecular formula is C14H22N2O. The van der Waals surface area contributed by atoms with Crippen LogP contribution in [0.1, 0.15) is 63.6 Å². The molecule has 2 N–H and O–H groups in total. The van der Waals surface area contributed by atoms with Crippen LogP contribution in [-0.4, -0.2) is 4.57 Å². The highest BCUT2D eigenvalue weighted by molar-refractivity contribution is 5.36. The van der Waals surface area contributed by atoms with Gasteiger partial charge in [0.25, 0.3) is 5.56 Å². The average Bonchev–Trinajstić information content (AvgIpc) is 2.33. The lowest BCUT2D eigenvalue weighted by Crippen LogP contribution is -2.29. The first-order chi connectivity index (χ1) is 8.11. The standard InChI is InChI=1S/C14H22N2O/c1-10(2)16-13(9-8-12(15)14(16)17)11-6-4-3-5-7-11/h8-11H,3-7,15H2,1-2H3. The van der Waals surface area contributed by atoms with E-state index in [2.05, 4.69) is 0 Å². The zero-order chi connectivity index (χ0) is 12.4. The molecule has 0 amide bonds. The van der Waals surface area contributed by atoms with Gasteiger partial charge in [-0.3, -0.25) is 4.79 Å². The minimum Gasteiger partial charge on any atom is -0.394 e. The van der Waals surface area contributed by atoms with E-state index >= 15 is 0 Å². The van der Waals surface area contributed by atoms with Crippen LogP contribution in [0.4, 0.5) is 5.69 Å². The highest BCUT2D eigenvalue weighted by atomic mass is 16.1. The van der Waals surface area contributed by atoms with Gasteiger partial charge in [-0.05, 0) is 44.7 Å². The number of aromatic nitrogens is 1. The summed E-state index contributed by atoms with van der Waals surface area (Å²) >= 11 is 0. The van der Waals surface area contributed by atoms with Crippen LogP contribution in [0.5, 0.6) is 0 Å². The van der Waals surface area contributed by atoms with Gasteiger partial charge in [0.05, 0.1) is 5.69 Å². The third-order valence-electron chi connectivity index (χ3n) is 3.72. The van der Waals surface area contributed by atoms with Crippen LogP contribution in [0.25, 0.3) is 0 Å². The Morgan fingerprint density at radius 3 is 2.47 bits per heavy atom. The fourth-order valence-corrected chi connectivity index (χ4v) is 2.85. The van der Waals surface area contributed by atoms with Gasteiger partial charge >= 0.3 is 0 Å². The maximum Gasteiger partial charge on any atom is 0.274 e. The van der Waals surface area contributed by atoms with Gasteiger partial charge in [0.15, 0.2) is 0 Å². The number of anilines is 1. The van der Waals surface area contributed by atoms with E-state index < -0.39 is 0 Å². The van der Waals surface area contributed by atoms with Crippen LogP contribution in [0.3, 0.4) is 0 Å². The maximum atomic E-state index is 12.1. The summed E-state index contributed by atoms with van der Waals surface area (Å²) in [4.78, 5) is 12.1. The van der Waals surface area contributed by atoms with Crippen LogP contribution >= 0.6 is 0 Å². The Morgan fingerprint density at radius 1 is 1.24 bits per heavy atom. The molecule has 3 heteroatoms. The highest BCUT2D eigenvalue weighted by Gasteiger charge is 2.20. The van der Waals surface area contributed by atoms with Crippen LogP contribution < -0.4 is 11.3 Å². The molecule has 1 aromatic rings. The van der Waals surface area contributed by atoms with E-state index in [1.165, 1.54) is 37.8 Å². The zero-order valence-corrected chi connectivity index (χ0v) is 10.8. The lowest BCUT2D eigenvalue weighted by molar-refractivity contribution is 0.409. The fraction of sp³-hybridized carbons (Fsp3) is 0.643. The molecule has 0 aromatic carbocycles. The fourth-order valence-electron chi connectivity index (χ4n) is 2.85. The van der Waals surface area contributed by atoms with Gasteiger partial charge in [-0.25, -0.2) is 0 Å². The molecule has 1 fully saturated rings. The Morgan fingerprint density at radius 2 is 1.88 bits per heavy atom. The lowest BCUT2D eigenvalue weighted by Gasteiger charge is -2.27.